The number of hydrogen-bond acceptors (Lipinski definition) is 6. The number of rotatable bonds is 51. The summed E-state index contributed by atoms with van der Waals surface area (Å²) in [5.74, 6) is -0.904. The third-order valence-electron chi connectivity index (χ3n) is 12.1. The predicted octanol–water partition coefficient (Wildman–Crippen LogP) is 19.3. The molecule has 0 aliphatic carbocycles. The molecule has 0 aliphatic rings. The van der Waals surface area contributed by atoms with Gasteiger partial charge in [0.1, 0.15) is 13.2 Å². The zero-order valence-corrected chi connectivity index (χ0v) is 45.0. The molecule has 0 aromatic rings. The lowest BCUT2D eigenvalue weighted by Gasteiger charge is -2.18. The lowest BCUT2D eigenvalue weighted by atomic mass is 10.1. The van der Waals surface area contributed by atoms with Gasteiger partial charge >= 0.3 is 17.9 Å². The molecule has 6 heteroatoms. The van der Waals surface area contributed by atoms with Gasteiger partial charge in [0.05, 0.1) is 0 Å². The summed E-state index contributed by atoms with van der Waals surface area (Å²) in [6.07, 6.45) is 75.6. The van der Waals surface area contributed by atoms with Crippen LogP contribution in [-0.2, 0) is 28.6 Å². The molecule has 0 aromatic carbocycles. The maximum atomic E-state index is 12.8. The van der Waals surface area contributed by atoms with Gasteiger partial charge in [-0.1, -0.05) is 240 Å². The van der Waals surface area contributed by atoms with Crippen LogP contribution >= 0.6 is 0 Å². The molecule has 0 amide bonds. The van der Waals surface area contributed by atoms with E-state index in [2.05, 4.69) is 118 Å². The van der Waals surface area contributed by atoms with E-state index in [0.29, 0.717) is 19.3 Å². The van der Waals surface area contributed by atoms with Gasteiger partial charge in [-0.3, -0.25) is 14.4 Å². The van der Waals surface area contributed by atoms with E-state index in [-0.39, 0.29) is 31.1 Å². The van der Waals surface area contributed by atoms with Crippen LogP contribution < -0.4 is 0 Å². The van der Waals surface area contributed by atoms with Crippen molar-refractivity contribution >= 4 is 17.9 Å². The second kappa shape index (κ2) is 56.9. The fourth-order valence-electron chi connectivity index (χ4n) is 7.77. The monoisotopic (exact) mass is 959 g/mol. The van der Waals surface area contributed by atoms with Crippen molar-refractivity contribution in [3.8, 4) is 0 Å². The van der Waals surface area contributed by atoms with E-state index >= 15 is 0 Å². The van der Waals surface area contributed by atoms with Gasteiger partial charge in [0, 0.05) is 19.3 Å². The molecule has 0 fully saturated rings. The Kier molecular flexibility index (Phi) is 53.9. The van der Waals surface area contributed by atoms with Crippen LogP contribution in [0.2, 0.25) is 0 Å². The lowest BCUT2D eigenvalue weighted by molar-refractivity contribution is -0.167. The molecule has 0 saturated heterocycles. The number of esters is 3. The second-order valence-electron chi connectivity index (χ2n) is 18.8. The van der Waals surface area contributed by atoms with Gasteiger partial charge in [0.2, 0.25) is 0 Å². The Morgan fingerprint density at radius 3 is 0.913 bits per heavy atom. The average Bonchev–Trinajstić information content (AvgIpc) is 3.35. The van der Waals surface area contributed by atoms with Crippen molar-refractivity contribution in [3.05, 3.63) is 97.2 Å². The van der Waals surface area contributed by atoms with Gasteiger partial charge in [0.25, 0.3) is 0 Å². The molecular weight excluding hydrogens is 853 g/mol. The molecule has 1 unspecified atom stereocenters. The van der Waals surface area contributed by atoms with E-state index in [4.69, 9.17) is 14.2 Å². The van der Waals surface area contributed by atoms with Gasteiger partial charge in [-0.15, -0.1) is 0 Å². The molecule has 69 heavy (non-hydrogen) atoms. The summed E-state index contributed by atoms with van der Waals surface area (Å²) >= 11 is 0. The Hall–Kier alpha value is -3.67. The number of ether oxygens (including phenoxy) is 3. The highest BCUT2D eigenvalue weighted by molar-refractivity contribution is 5.71. The molecule has 0 N–H and O–H groups in total. The minimum absolute atomic E-state index is 0.0827. The Bertz CT molecular complexity index is 1380. The number of allylic oxidation sites excluding steroid dienone is 16. The number of hydrogen-bond donors (Lipinski definition) is 0. The van der Waals surface area contributed by atoms with Crippen LogP contribution in [0.15, 0.2) is 97.2 Å². The zero-order chi connectivity index (χ0) is 50.0. The molecule has 6 nitrogen and oxygen atoms in total. The highest BCUT2D eigenvalue weighted by atomic mass is 16.6. The van der Waals surface area contributed by atoms with E-state index in [1.165, 1.54) is 109 Å². The van der Waals surface area contributed by atoms with E-state index in [1.54, 1.807) is 0 Å². The third kappa shape index (κ3) is 55.1. The van der Waals surface area contributed by atoms with Crippen molar-refractivity contribution in [2.75, 3.05) is 13.2 Å². The van der Waals surface area contributed by atoms with Crippen molar-refractivity contribution in [2.45, 2.75) is 271 Å². The minimum atomic E-state index is -0.783. The molecule has 394 valence electrons. The first-order valence-corrected chi connectivity index (χ1v) is 28.7. The van der Waals surface area contributed by atoms with Gasteiger partial charge in [-0.2, -0.15) is 0 Å². The van der Waals surface area contributed by atoms with E-state index in [1.807, 2.05) is 0 Å². The summed E-state index contributed by atoms with van der Waals surface area (Å²) in [7, 11) is 0. The quantitative estimate of drug-likeness (QED) is 0.0262. The molecule has 0 saturated carbocycles. The number of carbonyl (C=O) groups is 3. The molecule has 1 atom stereocenters. The molecular formula is C63H106O6. The number of carbonyl (C=O) groups excluding carboxylic acids is 3. The number of unbranched alkanes of at least 4 members (excludes halogenated alkanes) is 24. The molecule has 0 bridgehead atoms. The topological polar surface area (TPSA) is 78.9 Å². The standard InChI is InChI=1S/C63H106O6/c1-4-7-10-13-16-18-20-22-24-26-27-28-29-30-31-32-33-34-35-37-38-40-42-44-47-50-53-56-62(65)68-59-60(58-67-61(64)55-52-49-46-15-12-9-6-3)69-63(66)57-54-51-48-45-43-41-39-36-25-23-21-19-17-14-11-8-5-2/h7,10,16-19,22-25,27-28,30-31,33-34,60H,4-6,8-9,11-15,20-21,26,29,32,35-59H2,1-3H3/b10-7-,18-16-,19-17-,24-22-,25-23-,28-27-,31-30-,34-33-. The van der Waals surface area contributed by atoms with Gasteiger partial charge in [-0.05, 0) is 103 Å². The summed E-state index contributed by atoms with van der Waals surface area (Å²) in [6.45, 7) is 6.45. The third-order valence-corrected chi connectivity index (χ3v) is 12.1. The highest BCUT2D eigenvalue weighted by Crippen LogP contribution is 2.15. The van der Waals surface area contributed by atoms with Crippen LogP contribution in [0.25, 0.3) is 0 Å². The zero-order valence-electron chi connectivity index (χ0n) is 45.0. The first-order valence-electron chi connectivity index (χ1n) is 28.7. The summed E-state index contributed by atoms with van der Waals surface area (Å²) in [4.78, 5) is 37.9. The lowest BCUT2D eigenvalue weighted by Crippen LogP contribution is -2.30. The van der Waals surface area contributed by atoms with Crippen molar-refractivity contribution in [2.24, 2.45) is 0 Å². The predicted molar refractivity (Wildman–Crippen MR) is 297 cm³/mol. The Morgan fingerprint density at radius 2 is 0.565 bits per heavy atom. The summed E-state index contributed by atoms with van der Waals surface area (Å²) < 4.78 is 16.8. The maximum absolute atomic E-state index is 12.8. The van der Waals surface area contributed by atoms with Gasteiger partial charge in [0.15, 0.2) is 6.10 Å². The molecule has 0 rings (SSSR count). The molecule has 0 spiro atoms. The molecule has 0 aromatic heterocycles. The van der Waals surface area contributed by atoms with Crippen LogP contribution in [-0.4, -0.2) is 37.2 Å². The molecule has 0 heterocycles. The van der Waals surface area contributed by atoms with Gasteiger partial charge < -0.3 is 14.2 Å². The molecule has 0 aliphatic heterocycles. The maximum Gasteiger partial charge on any atom is 0.306 e. The van der Waals surface area contributed by atoms with Crippen molar-refractivity contribution in [1.29, 1.82) is 0 Å². The van der Waals surface area contributed by atoms with Crippen molar-refractivity contribution in [3.63, 3.8) is 0 Å². The Labute approximate surface area is 426 Å². The fraction of sp³-hybridized carbons (Fsp3) is 0.698. The molecule has 0 radical (unpaired) electrons. The highest BCUT2D eigenvalue weighted by Gasteiger charge is 2.19. The van der Waals surface area contributed by atoms with Crippen molar-refractivity contribution < 1.29 is 28.6 Å². The average molecular weight is 960 g/mol. The Balaban J connectivity index is 4.21. The van der Waals surface area contributed by atoms with Gasteiger partial charge in [-0.25, -0.2) is 0 Å². The summed E-state index contributed by atoms with van der Waals surface area (Å²) in [5.41, 5.74) is 0. The van der Waals surface area contributed by atoms with Crippen LogP contribution in [0.3, 0.4) is 0 Å². The summed E-state index contributed by atoms with van der Waals surface area (Å²) in [5, 5.41) is 0. The first kappa shape index (κ1) is 65.3. The SMILES string of the molecule is CC/C=C\C/C=C\C/C=C\C/C=C\C/C=C\C/C=C\CCCCCCCCCCC(=O)OCC(COC(=O)CCCCCCCCC)OC(=O)CCCCCCCCC/C=C\C/C=C\CCCCC. The van der Waals surface area contributed by atoms with Crippen LogP contribution in [0.5, 0.6) is 0 Å². The Morgan fingerprint density at radius 1 is 0.304 bits per heavy atom. The fourth-order valence-corrected chi connectivity index (χ4v) is 7.77. The smallest absolute Gasteiger partial charge is 0.306 e. The summed E-state index contributed by atoms with van der Waals surface area (Å²) in [6, 6.07) is 0. The minimum Gasteiger partial charge on any atom is -0.462 e. The van der Waals surface area contributed by atoms with Crippen LogP contribution in [0, 0.1) is 0 Å². The first-order chi connectivity index (χ1) is 34.0. The van der Waals surface area contributed by atoms with Crippen LogP contribution in [0.4, 0.5) is 0 Å². The van der Waals surface area contributed by atoms with E-state index in [0.717, 1.165) is 116 Å². The second-order valence-corrected chi connectivity index (χ2v) is 18.8. The largest absolute Gasteiger partial charge is 0.462 e. The normalized spacial score (nSPS) is 12.8. The van der Waals surface area contributed by atoms with Crippen molar-refractivity contribution in [1.82, 2.24) is 0 Å². The van der Waals surface area contributed by atoms with E-state index < -0.39 is 6.10 Å². The van der Waals surface area contributed by atoms with Crippen LogP contribution in [0.1, 0.15) is 265 Å². The van der Waals surface area contributed by atoms with E-state index in [9.17, 15) is 14.4 Å².